The van der Waals surface area contributed by atoms with Crippen LogP contribution in [0.1, 0.15) is 32.9 Å². The minimum Gasteiger partial charge on any atom is -0.490 e. The Morgan fingerprint density at radius 1 is 1.24 bits per heavy atom. The minimum absolute atomic E-state index is 0.393. The van der Waals surface area contributed by atoms with Crippen LogP contribution in [0.5, 0.6) is 5.75 Å². The van der Waals surface area contributed by atoms with Crippen molar-refractivity contribution in [2.75, 3.05) is 11.9 Å². The van der Waals surface area contributed by atoms with Crippen molar-refractivity contribution >= 4 is 33.9 Å². The van der Waals surface area contributed by atoms with E-state index >= 15 is 0 Å². The highest BCUT2D eigenvalue weighted by Gasteiger charge is 2.21. The number of ether oxygens (including phenoxy) is 1. The second-order valence-electron chi connectivity index (χ2n) is 8.03. The van der Waals surface area contributed by atoms with E-state index in [1.165, 1.54) is 0 Å². The third-order valence-electron chi connectivity index (χ3n) is 4.31. The minimum atomic E-state index is -0.393. The molecule has 29 heavy (non-hydrogen) atoms. The maximum absolute atomic E-state index is 6.48. The van der Waals surface area contributed by atoms with Gasteiger partial charge >= 0.3 is 0 Å². The Morgan fingerprint density at radius 2 is 2.00 bits per heavy atom. The van der Waals surface area contributed by atoms with Crippen LogP contribution in [-0.2, 0) is 0 Å². The molecule has 0 saturated carbocycles. The summed E-state index contributed by atoms with van der Waals surface area (Å²) in [6.07, 6.45) is 2.65. The van der Waals surface area contributed by atoms with Gasteiger partial charge in [-0.25, -0.2) is 9.97 Å². The van der Waals surface area contributed by atoms with Crippen LogP contribution in [0.2, 0.25) is 5.02 Å². The molecule has 0 aliphatic rings. The number of rotatable bonds is 8. The molecule has 0 aliphatic heterocycles. The highest BCUT2D eigenvalue weighted by atomic mass is 35.5. The topological polar surface area (TPSA) is 73.1 Å². The van der Waals surface area contributed by atoms with Crippen molar-refractivity contribution in [1.82, 2.24) is 9.97 Å². The molecule has 0 fully saturated rings. The molecular weight excluding hydrogens is 404 g/mol. The Balaban J connectivity index is 1.72. The van der Waals surface area contributed by atoms with Gasteiger partial charge in [-0.2, -0.15) is 0 Å². The summed E-state index contributed by atoms with van der Waals surface area (Å²) in [6, 6.07) is 9.71. The fraction of sp³-hybridized carbons (Fsp3) is 0.364. The third-order valence-corrected chi connectivity index (χ3v) is 5.48. The maximum atomic E-state index is 6.48. The summed E-state index contributed by atoms with van der Waals surface area (Å²) >= 11 is 8.03. The smallest absolute Gasteiger partial charge is 0.188 e. The van der Waals surface area contributed by atoms with E-state index in [0.29, 0.717) is 23.3 Å². The summed E-state index contributed by atoms with van der Waals surface area (Å²) in [5, 5.41) is 6.62. The summed E-state index contributed by atoms with van der Waals surface area (Å²) in [5.74, 6) is 1.89. The van der Waals surface area contributed by atoms with E-state index in [1.807, 2.05) is 49.6 Å². The summed E-state index contributed by atoms with van der Waals surface area (Å²) in [4.78, 5) is 8.79. The van der Waals surface area contributed by atoms with Crippen molar-refractivity contribution in [3.05, 3.63) is 52.6 Å². The molecule has 0 bridgehead atoms. The van der Waals surface area contributed by atoms with E-state index in [4.69, 9.17) is 22.1 Å². The van der Waals surface area contributed by atoms with Crippen molar-refractivity contribution in [2.24, 2.45) is 11.7 Å². The first kappa shape index (κ1) is 21.6. The number of benzene rings is 1. The summed E-state index contributed by atoms with van der Waals surface area (Å²) in [5.41, 5.74) is 8.92. The largest absolute Gasteiger partial charge is 0.490 e. The highest BCUT2D eigenvalue weighted by molar-refractivity contribution is 7.13. The van der Waals surface area contributed by atoms with E-state index in [2.05, 4.69) is 29.1 Å². The monoisotopic (exact) mass is 430 g/mol. The average Bonchev–Trinajstić information content (AvgIpc) is 3.04. The van der Waals surface area contributed by atoms with Gasteiger partial charge in [-0.05, 0) is 61.6 Å². The molecule has 3 N–H and O–H groups in total. The average molecular weight is 431 g/mol. The van der Waals surface area contributed by atoms with Crippen molar-refractivity contribution < 1.29 is 4.74 Å². The first-order valence-electron chi connectivity index (χ1n) is 9.59. The van der Waals surface area contributed by atoms with Gasteiger partial charge in [0.1, 0.15) is 18.2 Å². The molecule has 1 unspecified atom stereocenters. The molecule has 0 saturated heterocycles. The van der Waals surface area contributed by atoms with Gasteiger partial charge in [-0.15, -0.1) is 11.3 Å². The van der Waals surface area contributed by atoms with Gasteiger partial charge in [-0.3, -0.25) is 0 Å². The predicted octanol–water partition coefficient (Wildman–Crippen LogP) is 6.05. The lowest BCUT2D eigenvalue weighted by atomic mass is 9.93. The van der Waals surface area contributed by atoms with Crippen molar-refractivity contribution in [3.63, 3.8) is 0 Å². The number of halogens is 1. The van der Waals surface area contributed by atoms with Crippen molar-refractivity contribution in [1.29, 1.82) is 0 Å². The number of aryl methyl sites for hydroxylation is 1. The third kappa shape index (κ3) is 6.16. The second-order valence-corrected chi connectivity index (χ2v) is 9.30. The Bertz CT molecular complexity index is 971. The van der Waals surface area contributed by atoms with Crippen molar-refractivity contribution in [2.45, 2.75) is 39.7 Å². The van der Waals surface area contributed by atoms with E-state index in [-0.39, 0.29) is 0 Å². The number of nitrogens with one attached hydrogen (secondary N) is 1. The second kappa shape index (κ2) is 9.11. The van der Waals surface area contributed by atoms with Gasteiger partial charge in [-0.1, -0.05) is 31.5 Å². The zero-order valence-corrected chi connectivity index (χ0v) is 18.8. The molecule has 7 heteroatoms. The quantitative estimate of drug-likeness (QED) is 0.454. The lowest BCUT2D eigenvalue weighted by Crippen LogP contribution is -2.43. The van der Waals surface area contributed by atoms with E-state index in [0.717, 1.165) is 34.2 Å². The number of hydrogen-bond donors (Lipinski definition) is 2. The summed E-state index contributed by atoms with van der Waals surface area (Å²) < 4.78 is 5.91. The van der Waals surface area contributed by atoms with E-state index in [9.17, 15) is 0 Å². The lowest BCUT2D eigenvalue weighted by molar-refractivity contribution is 0.207. The van der Waals surface area contributed by atoms with Gasteiger partial charge < -0.3 is 15.8 Å². The number of nitrogens with zero attached hydrogens (tertiary/aromatic N) is 2. The molecule has 0 amide bonds. The summed E-state index contributed by atoms with van der Waals surface area (Å²) in [6.45, 7) is 8.69. The molecule has 154 valence electrons. The predicted molar refractivity (Wildman–Crippen MR) is 122 cm³/mol. The van der Waals surface area contributed by atoms with Crippen LogP contribution in [0.15, 0.2) is 41.9 Å². The van der Waals surface area contributed by atoms with Gasteiger partial charge in [0.05, 0.1) is 10.7 Å². The van der Waals surface area contributed by atoms with Crippen LogP contribution in [-0.4, -0.2) is 22.1 Å². The molecule has 2 heterocycles. The van der Waals surface area contributed by atoms with Crippen LogP contribution in [0.3, 0.4) is 0 Å². The Hall–Kier alpha value is -2.15. The molecule has 3 rings (SSSR count). The van der Waals surface area contributed by atoms with Crippen LogP contribution < -0.4 is 15.8 Å². The molecule has 3 aromatic rings. The van der Waals surface area contributed by atoms with Gasteiger partial charge in [0.25, 0.3) is 0 Å². The van der Waals surface area contributed by atoms with E-state index < -0.39 is 5.54 Å². The molecule has 0 aliphatic carbocycles. The lowest BCUT2D eigenvalue weighted by Gasteiger charge is -2.26. The van der Waals surface area contributed by atoms with Crippen LogP contribution in [0, 0.1) is 12.8 Å². The van der Waals surface area contributed by atoms with Gasteiger partial charge in [0.15, 0.2) is 5.13 Å². The molecule has 0 spiro atoms. The van der Waals surface area contributed by atoms with Crippen LogP contribution in [0.4, 0.5) is 10.9 Å². The molecule has 1 atom stereocenters. The molecule has 1 aromatic carbocycles. The zero-order valence-electron chi connectivity index (χ0n) is 17.2. The molecule has 5 nitrogen and oxygen atoms in total. The molecular formula is C22H27ClN4OS. The Kier molecular flexibility index (Phi) is 6.77. The Labute approximate surface area is 181 Å². The van der Waals surface area contributed by atoms with Gasteiger partial charge in [0, 0.05) is 17.1 Å². The normalized spacial score (nSPS) is 13.3. The van der Waals surface area contributed by atoms with E-state index in [1.54, 1.807) is 17.5 Å². The molecule has 0 radical (unpaired) electrons. The van der Waals surface area contributed by atoms with Crippen LogP contribution in [0.25, 0.3) is 11.1 Å². The SMILES string of the molecule is Cc1csc(Nc2cc(-c3ccc(OCC(C)(N)CC(C)C)c(Cl)c3)ccn2)n1. The Morgan fingerprint density at radius 3 is 2.66 bits per heavy atom. The number of hydrogen-bond acceptors (Lipinski definition) is 6. The van der Waals surface area contributed by atoms with Crippen molar-refractivity contribution in [3.8, 4) is 16.9 Å². The fourth-order valence-corrected chi connectivity index (χ4v) is 4.16. The maximum Gasteiger partial charge on any atom is 0.188 e. The standard InChI is InChI=1S/C22H27ClN4OS/c1-14(2)11-22(4,24)13-28-19-6-5-16(9-18(19)23)17-7-8-25-20(10-17)27-21-26-15(3)12-29-21/h5-10,12,14H,11,13,24H2,1-4H3,(H,25,26,27). The number of thiazole rings is 1. The summed E-state index contributed by atoms with van der Waals surface area (Å²) in [7, 11) is 0. The highest BCUT2D eigenvalue weighted by Crippen LogP contribution is 2.32. The fourth-order valence-electron chi connectivity index (χ4n) is 3.23. The zero-order chi connectivity index (χ0) is 21.0. The number of pyridine rings is 1. The number of anilines is 2. The van der Waals surface area contributed by atoms with Gasteiger partial charge in [0.2, 0.25) is 0 Å². The first-order chi connectivity index (χ1) is 13.7. The first-order valence-corrected chi connectivity index (χ1v) is 10.8. The number of nitrogens with two attached hydrogens (primary N) is 1. The number of aromatic nitrogens is 2. The molecule has 2 aromatic heterocycles. The van der Waals surface area contributed by atoms with Crippen LogP contribution >= 0.6 is 22.9 Å².